The standard InChI is InChI=1S/C17H20Cl2N2O3/c18-12-4-5-14(15(19)8-12)16(9-21-7-6-20-11-21)24-17-3-1-2-13(10-22)23-17/h4-8,11,13,16-17,22H,1-3,9-10H2. The van der Waals surface area contributed by atoms with E-state index in [2.05, 4.69) is 4.98 Å². The van der Waals surface area contributed by atoms with Gasteiger partial charge in [0.25, 0.3) is 0 Å². The van der Waals surface area contributed by atoms with E-state index in [1.807, 2.05) is 16.8 Å². The molecule has 0 radical (unpaired) electrons. The molecule has 0 aliphatic carbocycles. The SMILES string of the molecule is OCC1CCCC(OC(Cn2ccnc2)c2ccc(Cl)cc2Cl)O1. The maximum Gasteiger partial charge on any atom is 0.158 e. The Morgan fingerprint density at radius 2 is 2.25 bits per heavy atom. The maximum absolute atomic E-state index is 9.31. The number of rotatable bonds is 6. The zero-order chi connectivity index (χ0) is 16.9. The Morgan fingerprint density at radius 1 is 1.38 bits per heavy atom. The van der Waals surface area contributed by atoms with Gasteiger partial charge in [0.2, 0.25) is 0 Å². The topological polar surface area (TPSA) is 56.5 Å². The Morgan fingerprint density at radius 3 is 2.96 bits per heavy atom. The first kappa shape index (κ1) is 17.7. The van der Waals surface area contributed by atoms with Gasteiger partial charge in [-0.1, -0.05) is 29.3 Å². The molecule has 1 aliphatic rings. The van der Waals surface area contributed by atoms with E-state index in [0.29, 0.717) is 16.6 Å². The number of aliphatic hydroxyl groups excluding tert-OH is 1. The predicted molar refractivity (Wildman–Crippen MR) is 92.1 cm³/mol. The van der Waals surface area contributed by atoms with E-state index >= 15 is 0 Å². The molecule has 1 fully saturated rings. The van der Waals surface area contributed by atoms with Gasteiger partial charge in [-0.25, -0.2) is 4.98 Å². The second kappa shape index (κ2) is 8.32. The summed E-state index contributed by atoms with van der Waals surface area (Å²) in [5.74, 6) is 0. The molecule has 24 heavy (non-hydrogen) atoms. The van der Waals surface area contributed by atoms with Gasteiger partial charge in [-0.3, -0.25) is 0 Å². The number of hydrogen-bond donors (Lipinski definition) is 1. The average molecular weight is 371 g/mol. The van der Waals surface area contributed by atoms with Gasteiger partial charge in [0, 0.05) is 28.0 Å². The summed E-state index contributed by atoms with van der Waals surface area (Å²) >= 11 is 12.4. The van der Waals surface area contributed by atoms with Gasteiger partial charge < -0.3 is 19.1 Å². The molecule has 3 atom stereocenters. The third kappa shape index (κ3) is 4.49. The van der Waals surface area contributed by atoms with Gasteiger partial charge in [0.1, 0.15) is 6.10 Å². The fourth-order valence-corrected chi connectivity index (χ4v) is 3.37. The molecule has 0 saturated carbocycles. The van der Waals surface area contributed by atoms with Gasteiger partial charge in [0.05, 0.1) is 25.6 Å². The second-order valence-electron chi connectivity index (χ2n) is 5.85. The van der Waals surface area contributed by atoms with Crippen LogP contribution < -0.4 is 0 Å². The molecular weight excluding hydrogens is 351 g/mol. The van der Waals surface area contributed by atoms with Crippen molar-refractivity contribution in [3.8, 4) is 0 Å². The Balaban J connectivity index is 1.79. The number of ether oxygens (including phenoxy) is 2. The number of benzene rings is 1. The first-order valence-electron chi connectivity index (χ1n) is 7.98. The highest BCUT2D eigenvalue weighted by atomic mass is 35.5. The molecule has 7 heteroatoms. The zero-order valence-corrected chi connectivity index (χ0v) is 14.7. The Labute approximate surface area is 151 Å². The lowest BCUT2D eigenvalue weighted by molar-refractivity contribution is -0.224. The lowest BCUT2D eigenvalue weighted by Gasteiger charge is -2.32. The van der Waals surface area contributed by atoms with Crippen molar-refractivity contribution in [2.45, 2.75) is 44.3 Å². The summed E-state index contributed by atoms with van der Waals surface area (Å²) in [7, 11) is 0. The van der Waals surface area contributed by atoms with Crippen LogP contribution in [0.15, 0.2) is 36.9 Å². The molecule has 3 unspecified atom stereocenters. The molecule has 0 amide bonds. The van der Waals surface area contributed by atoms with Gasteiger partial charge >= 0.3 is 0 Å². The Hall–Kier alpha value is -1.11. The van der Waals surface area contributed by atoms with Gasteiger partial charge in [-0.2, -0.15) is 0 Å². The fraction of sp³-hybridized carbons (Fsp3) is 0.471. The van der Waals surface area contributed by atoms with Crippen molar-refractivity contribution < 1.29 is 14.6 Å². The molecule has 1 saturated heterocycles. The molecule has 3 rings (SSSR count). The molecule has 1 N–H and O–H groups in total. The molecule has 2 heterocycles. The van der Waals surface area contributed by atoms with Crippen molar-refractivity contribution in [1.82, 2.24) is 9.55 Å². The first-order chi connectivity index (χ1) is 11.7. The van der Waals surface area contributed by atoms with Gasteiger partial charge in [0.15, 0.2) is 6.29 Å². The maximum atomic E-state index is 9.31. The van der Waals surface area contributed by atoms with E-state index in [9.17, 15) is 5.11 Å². The van der Waals surface area contributed by atoms with Crippen LogP contribution in [0.3, 0.4) is 0 Å². The molecule has 1 aromatic heterocycles. The predicted octanol–water partition coefficient (Wildman–Crippen LogP) is 3.84. The molecule has 0 bridgehead atoms. The van der Waals surface area contributed by atoms with Crippen LogP contribution in [0.2, 0.25) is 10.0 Å². The zero-order valence-electron chi connectivity index (χ0n) is 13.1. The minimum Gasteiger partial charge on any atom is -0.394 e. The highest BCUT2D eigenvalue weighted by Gasteiger charge is 2.27. The summed E-state index contributed by atoms with van der Waals surface area (Å²) in [5, 5.41) is 10.5. The second-order valence-corrected chi connectivity index (χ2v) is 6.69. The van der Waals surface area contributed by atoms with E-state index in [1.165, 1.54) is 0 Å². The van der Waals surface area contributed by atoms with Crippen molar-refractivity contribution in [2.75, 3.05) is 6.61 Å². The van der Waals surface area contributed by atoms with E-state index in [0.717, 1.165) is 24.8 Å². The van der Waals surface area contributed by atoms with Crippen molar-refractivity contribution >= 4 is 23.2 Å². The highest BCUT2D eigenvalue weighted by molar-refractivity contribution is 6.35. The first-order valence-corrected chi connectivity index (χ1v) is 8.73. The van der Waals surface area contributed by atoms with Crippen LogP contribution in [-0.4, -0.2) is 33.7 Å². The number of hydrogen-bond acceptors (Lipinski definition) is 4. The number of aromatic nitrogens is 2. The lowest BCUT2D eigenvalue weighted by Crippen LogP contribution is -2.33. The summed E-state index contributed by atoms with van der Waals surface area (Å²) in [6, 6.07) is 5.38. The third-order valence-corrected chi connectivity index (χ3v) is 4.64. The van der Waals surface area contributed by atoms with E-state index in [-0.39, 0.29) is 25.1 Å². The Kier molecular flexibility index (Phi) is 6.14. The normalized spacial score (nSPS) is 22.5. The smallest absolute Gasteiger partial charge is 0.158 e. The van der Waals surface area contributed by atoms with Gasteiger partial charge in [-0.05, 0) is 31.4 Å². The number of imidazole rings is 1. The van der Waals surface area contributed by atoms with Crippen LogP contribution >= 0.6 is 23.2 Å². The van der Waals surface area contributed by atoms with Crippen LogP contribution in [0.5, 0.6) is 0 Å². The van der Waals surface area contributed by atoms with E-state index in [4.69, 9.17) is 32.7 Å². The summed E-state index contributed by atoms with van der Waals surface area (Å²) in [4.78, 5) is 4.07. The van der Waals surface area contributed by atoms with Crippen molar-refractivity contribution in [2.24, 2.45) is 0 Å². The van der Waals surface area contributed by atoms with E-state index < -0.39 is 0 Å². The summed E-state index contributed by atoms with van der Waals surface area (Å²) < 4.78 is 13.9. The van der Waals surface area contributed by atoms with Crippen molar-refractivity contribution in [3.05, 3.63) is 52.5 Å². The molecular formula is C17H20Cl2N2O3. The van der Waals surface area contributed by atoms with Crippen LogP contribution in [0, 0.1) is 0 Å². The number of nitrogens with zero attached hydrogens (tertiary/aromatic N) is 2. The summed E-state index contributed by atoms with van der Waals surface area (Å²) in [6.07, 6.45) is 7.10. The van der Waals surface area contributed by atoms with Crippen molar-refractivity contribution in [3.63, 3.8) is 0 Å². The molecule has 5 nitrogen and oxygen atoms in total. The monoisotopic (exact) mass is 370 g/mol. The molecule has 1 aromatic carbocycles. The minimum absolute atomic E-state index is 0.00769. The fourth-order valence-electron chi connectivity index (χ4n) is 2.84. The molecule has 2 aromatic rings. The minimum atomic E-state index is -0.365. The summed E-state index contributed by atoms with van der Waals surface area (Å²) in [6.45, 7) is 0.568. The molecule has 130 valence electrons. The van der Waals surface area contributed by atoms with Crippen LogP contribution in [0.25, 0.3) is 0 Å². The van der Waals surface area contributed by atoms with Gasteiger partial charge in [-0.15, -0.1) is 0 Å². The largest absolute Gasteiger partial charge is 0.394 e. The Bertz CT molecular complexity index is 651. The number of halogens is 2. The van der Waals surface area contributed by atoms with Crippen LogP contribution in [0.1, 0.15) is 30.9 Å². The van der Waals surface area contributed by atoms with Crippen molar-refractivity contribution in [1.29, 1.82) is 0 Å². The number of aliphatic hydroxyl groups is 1. The van der Waals surface area contributed by atoms with Crippen LogP contribution in [0.4, 0.5) is 0 Å². The van der Waals surface area contributed by atoms with E-state index in [1.54, 1.807) is 24.7 Å². The highest BCUT2D eigenvalue weighted by Crippen LogP contribution is 2.32. The lowest BCUT2D eigenvalue weighted by atomic mass is 10.1. The average Bonchev–Trinajstić information content (AvgIpc) is 3.07. The van der Waals surface area contributed by atoms with Crippen LogP contribution in [-0.2, 0) is 16.0 Å². The molecule has 0 spiro atoms. The molecule has 1 aliphatic heterocycles. The third-order valence-electron chi connectivity index (χ3n) is 4.08. The quantitative estimate of drug-likeness (QED) is 0.839. The summed E-state index contributed by atoms with van der Waals surface area (Å²) in [5.41, 5.74) is 0.851.